The van der Waals surface area contributed by atoms with Crippen LogP contribution >= 0.6 is 0 Å². The monoisotopic (exact) mass is 285 g/mol. The van der Waals surface area contributed by atoms with Gasteiger partial charge < -0.3 is 9.26 Å². The highest BCUT2D eigenvalue weighted by molar-refractivity contribution is 5.98. The molecule has 2 aromatic rings. The van der Waals surface area contributed by atoms with Crippen molar-refractivity contribution < 1.29 is 14.1 Å². The SMILES string of the molecule is CCOC(=O)c1c(-c2c(C)cccc2C)noc1C1CC1. The third kappa shape index (κ3) is 2.46. The van der Waals surface area contributed by atoms with E-state index in [9.17, 15) is 4.79 Å². The van der Waals surface area contributed by atoms with Crippen LogP contribution in [0.3, 0.4) is 0 Å². The molecule has 1 aliphatic rings. The maximum absolute atomic E-state index is 12.4. The van der Waals surface area contributed by atoms with E-state index in [-0.39, 0.29) is 5.97 Å². The molecule has 0 radical (unpaired) electrons. The number of hydrogen-bond acceptors (Lipinski definition) is 4. The fraction of sp³-hybridized carbons (Fsp3) is 0.412. The first kappa shape index (κ1) is 13.9. The summed E-state index contributed by atoms with van der Waals surface area (Å²) in [6.45, 7) is 6.19. The minimum atomic E-state index is -0.335. The van der Waals surface area contributed by atoms with Gasteiger partial charge in [-0.2, -0.15) is 0 Å². The molecule has 0 N–H and O–H groups in total. The largest absolute Gasteiger partial charge is 0.462 e. The van der Waals surface area contributed by atoms with Crippen molar-refractivity contribution in [2.24, 2.45) is 0 Å². The van der Waals surface area contributed by atoms with Gasteiger partial charge in [0.1, 0.15) is 11.3 Å². The van der Waals surface area contributed by atoms with Crippen molar-refractivity contribution in [2.45, 2.75) is 39.5 Å². The van der Waals surface area contributed by atoms with Crippen LogP contribution in [0.1, 0.15) is 52.9 Å². The zero-order valence-corrected chi connectivity index (χ0v) is 12.6. The van der Waals surface area contributed by atoms with E-state index < -0.39 is 0 Å². The fourth-order valence-corrected chi connectivity index (χ4v) is 2.69. The predicted molar refractivity (Wildman–Crippen MR) is 79.3 cm³/mol. The van der Waals surface area contributed by atoms with Gasteiger partial charge in [-0.3, -0.25) is 0 Å². The summed E-state index contributed by atoms with van der Waals surface area (Å²) in [6.07, 6.45) is 2.10. The molecule has 0 amide bonds. The molecule has 1 heterocycles. The summed E-state index contributed by atoms with van der Waals surface area (Å²) in [5.41, 5.74) is 4.26. The van der Waals surface area contributed by atoms with Crippen LogP contribution in [0.4, 0.5) is 0 Å². The number of carbonyl (C=O) groups is 1. The van der Waals surface area contributed by atoms with Crippen LogP contribution in [0.25, 0.3) is 11.3 Å². The van der Waals surface area contributed by atoms with E-state index in [1.165, 1.54) is 0 Å². The molecule has 1 aromatic carbocycles. The van der Waals surface area contributed by atoms with E-state index in [1.54, 1.807) is 6.92 Å². The quantitative estimate of drug-likeness (QED) is 0.796. The van der Waals surface area contributed by atoms with Crippen LogP contribution in [-0.4, -0.2) is 17.7 Å². The van der Waals surface area contributed by atoms with E-state index in [0.717, 1.165) is 29.5 Å². The maximum atomic E-state index is 12.4. The number of aromatic nitrogens is 1. The van der Waals surface area contributed by atoms with Crippen molar-refractivity contribution in [3.05, 3.63) is 40.6 Å². The Kier molecular flexibility index (Phi) is 3.53. The summed E-state index contributed by atoms with van der Waals surface area (Å²) in [4.78, 5) is 12.4. The number of hydrogen-bond donors (Lipinski definition) is 0. The molecular weight excluding hydrogens is 266 g/mol. The average molecular weight is 285 g/mol. The lowest BCUT2D eigenvalue weighted by molar-refractivity contribution is 0.0524. The third-order valence-corrected chi connectivity index (χ3v) is 3.86. The zero-order valence-electron chi connectivity index (χ0n) is 12.6. The highest BCUT2D eigenvalue weighted by Crippen LogP contribution is 2.44. The van der Waals surface area contributed by atoms with Crippen LogP contribution in [0, 0.1) is 13.8 Å². The number of aryl methyl sites for hydroxylation is 2. The first-order chi connectivity index (χ1) is 10.1. The molecule has 0 atom stereocenters. The van der Waals surface area contributed by atoms with Gasteiger partial charge in [0.05, 0.1) is 6.61 Å². The van der Waals surface area contributed by atoms with Crippen LogP contribution in [0.15, 0.2) is 22.7 Å². The molecule has 0 unspecified atom stereocenters. The first-order valence-corrected chi connectivity index (χ1v) is 7.36. The summed E-state index contributed by atoms with van der Waals surface area (Å²) < 4.78 is 10.7. The Labute approximate surface area is 124 Å². The van der Waals surface area contributed by atoms with E-state index >= 15 is 0 Å². The van der Waals surface area contributed by atoms with Crippen molar-refractivity contribution in [3.8, 4) is 11.3 Å². The summed E-state index contributed by atoms with van der Waals surface area (Å²) in [7, 11) is 0. The lowest BCUT2D eigenvalue weighted by Crippen LogP contribution is -2.08. The van der Waals surface area contributed by atoms with Gasteiger partial charge in [0.15, 0.2) is 5.76 Å². The zero-order chi connectivity index (χ0) is 15.0. The summed E-state index contributed by atoms with van der Waals surface area (Å²) >= 11 is 0. The van der Waals surface area contributed by atoms with Gasteiger partial charge in [0, 0.05) is 11.5 Å². The molecule has 1 aromatic heterocycles. The molecule has 4 nitrogen and oxygen atoms in total. The molecule has 110 valence electrons. The number of esters is 1. The summed E-state index contributed by atoms with van der Waals surface area (Å²) in [5.74, 6) is 0.666. The number of ether oxygens (including phenoxy) is 1. The summed E-state index contributed by atoms with van der Waals surface area (Å²) in [6, 6.07) is 6.03. The second kappa shape index (κ2) is 5.35. The fourth-order valence-electron chi connectivity index (χ4n) is 2.69. The number of rotatable bonds is 4. The van der Waals surface area contributed by atoms with Crippen molar-refractivity contribution in [1.29, 1.82) is 0 Å². The van der Waals surface area contributed by atoms with Gasteiger partial charge in [-0.25, -0.2) is 4.79 Å². The molecule has 1 saturated carbocycles. The molecule has 21 heavy (non-hydrogen) atoms. The third-order valence-electron chi connectivity index (χ3n) is 3.86. The molecule has 1 aliphatic carbocycles. The second-order valence-corrected chi connectivity index (χ2v) is 5.53. The van der Waals surface area contributed by atoms with Crippen molar-refractivity contribution in [3.63, 3.8) is 0 Å². The second-order valence-electron chi connectivity index (χ2n) is 5.53. The Morgan fingerprint density at radius 1 is 1.33 bits per heavy atom. The van der Waals surface area contributed by atoms with Crippen LogP contribution in [-0.2, 0) is 4.74 Å². The smallest absolute Gasteiger partial charge is 0.344 e. The highest BCUT2D eigenvalue weighted by atomic mass is 16.5. The van der Waals surface area contributed by atoms with Gasteiger partial charge in [-0.05, 0) is 44.7 Å². The Bertz CT molecular complexity index is 663. The Morgan fingerprint density at radius 3 is 2.57 bits per heavy atom. The number of nitrogens with zero attached hydrogens (tertiary/aromatic N) is 1. The van der Waals surface area contributed by atoms with E-state index in [0.29, 0.717) is 29.5 Å². The maximum Gasteiger partial charge on any atom is 0.344 e. The molecule has 4 heteroatoms. The molecule has 1 fully saturated rings. The highest BCUT2D eigenvalue weighted by Gasteiger charge is 2.36. The van der Waals surface area contributed by atoms with Gasteiger partial charge in [0.2, 0.25) is 0 Å². The van der Waals surface area contributed by atoms with Gasteiger partial charge in [-0.15, -0.1) is 0 Å². The van der Waals surface area contributed by atoms with Crippen LogP contribution in [0.2, 0.25) is 0 Å². The number of benzene rings is 1. The van der Waals surface area contributed by atoms with E-state index in [2.05, 4.69) is 5.16 Å². The van der Waals surface area contributed by atoms with Crippen molar-refractivity contribution in [1.82, 2.24) is 5.16 Å². The number of carbonyl (C=O) groups excluding carboxylic acids is 1. The Morgan fingerprint density at radius 2 is 2.00 bits per heavy atom. The van der Waals surface area contributed by atoms with Crippen molar-refractivity contribution >= 4 is 5.97 Å². The van der Waals surface area contributed by atoms with E-state index in [4.69, 9.17) is 9.26 Å². The topological polar surface area (TPSA) is 52.3 Å². The van der Waals surface area contributed by atoms with Crippen LogP contribution < -0.4 is 0 Å². The standard InChI is InChI=1S/C17H19NO3/c1-4-20-17(19)14-15(18-21-16(14)12-8-9-12)13-10(2)6-5-7-11(13)3/h5-7,12H,4,8-9H2,1-3H3. The molecule has 0 bridgehead atoms. The Hall–Kier alpha value is -2.10. The minimum Gasteiger partial charge on any atom is -0.462 e. The van der Waals surface area contributed by atoms with Gasteiger partial charge in [-0.1, -0.05) is 23.4 Å². The summed E-state index contributed by atoms with van der Waals surface area (Å²) in [5, 5.41) is 4.20. The van der Waals surface area contributed by atoms with Gasteiger partial charge in [0.25, 0.3) is 0 Å². The minimum absolute atomic E-state index is 0.315. The molecule has 0 saturated heterocycles. The normalized spacial score (nSPS) is 14.2. The molecular formula is C17H19NO3. The lowest BCUT2D eigenvalue weighted by atomic mass is 9.96. The van der Waals surface area contributed by atoms with Crippen LogP contribution in [0.5, 0.6) is 0 Å². The van der Waals surface area contributed by atoms with Gasteiger partial charge >= 0.3 is 5.97 Å². The predicted octanol–water partition coefficient (Wildman–Crippen LogP) is 4.01. The Balaban J connectivity index is 2.16. The molecule has 3 rings (SSSR count). The first-order valence-electron chi connectivity index (χ1n) is 7.36. The van der Waals surface area contributed by atoms with Crippen molar-refractivity contribution in [2.75, 3.05) is 6.61 Å². The average Bonchev–Trinajstić information content (AvgIpc) is 3.19. The molecule has 0 spiro atoms. The van der Waals surface area contributed by atoms with E-state index in [1.807, 2.05) is 32.0 Å². The molecule has 0 aliphatic heterocycles. The lowest BCUT2D eigenvalue weighted by Gasteiger charge is -2.08.